The van der Waals surface area contributed by atoms with E-state index in [1.165, 1.54) is 0 Å². The van der Waals surface area contributed by atoms with Crippen molar-refractivity contribution in [1.82, 2.24) is 0 Å². The van der Waals surface area contributed by atoms with E-state index in [9.17, 15) is 5.11 Å². The van der Waals surface area contributed by atoms with Gasteiger partial charge in [-0.3, -0.25) is 0 Å². The Morgan fingerprint density at radius 1 is 1.13 bits per heavy atom. The van der Waals surface area contributed by atoms with Crippen LogP contribution in [0.15, 0.2) is 12.1 Å². The lowest BCUT2D eigenvalue weighted by atomic mass is 10.2. The van der Waals surface area contributed by atoms with E-state index in [1.54, 1.807) is 6.07 Å². The van der Waals surface area contributed by atoms with Gasteiger partial charge in [0.25, 0.3) is 0 Å². The molecule has 0 aliphatic rings. The first kappa shape index (κ1) is 12.2. The second kappa shape index (κ2) is 5.85. The normalized spacial score (nSPS) is 10.1. The third kappa shape index (κ3) is 2.78. The number of rotatable bonds is 5. The van der Waals surface area contributed by atoms with Crippen molar-refractivity contribution in [3.05, 3.63) is 17.7 Å². The van der Waals surface area contributed by atoms with Gasteiger partial charge in [-0.1, -0.05) is 15.9 Å². The lowest BCUT2D eigenvalue weighted by Gasteiger charge is -2.13. The van der Waals surface area contributed by atoms with Gasteiger partial charge in [0, 0.05) is 5.33 Å². The molecule has 0 aromatic heterocycles. The van der Waals surface area contributed by atoms with Gasteiger partial charge in [0.1, 0.15) is 5.75 Å². The molecule has 1 aromatic carbocycles. The molecule has 0 saturated carbocycles. The molecule has 0 bridgehead atoms. The van der Waals surface area contributed by atoms with Gasteiger partial charge in [-0.05, 0) is 26.0 Å². The summed E-state index contributed by atoms with van der Waals surface area (Å²) in [6, 6.07) is 3.53. The van der Waals surface area contributed by atoms with Crippen LogP contribution in [0.1, 0.15) is 19.4 Å². The maximum Gasteiger partial charge on any atom is 0.165 e. The van der Waals surface area contributed by atoms with Crippen LogP contribution in [-0.2, 0) is 5.33 Å². The highest BCUT2D eigenvalue weighted by atomic mass is 79.9. The molecule has 0 spiro atoms. The second-order valence-corrected chi connectivity index (χ2v) is 3.45. The summed E-state index contributed by atoms with van der Waals surface area (Å²) in [6.07, 6.45) is 0. The Morgan fingerprint density at radius 3 is 2.20 bits per heavy atom. The van der Waals surface area contributed by atoms with E-state index in [0.717, 1.165) is 5.56 Å². The van der Waals surface area contributed by atoms with Crippen LogP contribution < -0.4 is 9.47 Å². The van der Waals surface area contributed by atoms with E-state index < -0.39 is 0 Å². The third-order valence-corrected chi connectivity index (χ3v) is 2.50. The minimum Gasteiger partial charge on any atom is -0.504 e. The van der Waals surface area contributed by atoms with Crippen molar-refractivity contribution in [2.24, 2.45) is 0 Å². The average molecular weight is 275 g/mol. The maximum atomic E-state index is 9.89. The van der Waals surface area contributed by atoms with Crippen LogP contribution in [0.5, 0.6) is 17.2 Å². The van der Waals surface area contributed by atoms with E-state index >= 15 is 0 Å². The Morgan fingerprint density at radius 2 is 1.67 bits per heavy atom. The Bertz CT molecular complexity index is 326. The lowest BCUT2D eigenvalue weighted by Crippen LogP contribution is -1.98. The lowest BCUT2D eigenvalue weighted by molar-refractivity contribution is 0.308. The predicted octanol–water partition coefficient (Wildman–Crippen LogP) is 3.08. The van der Waals surface area contributed by atoms with E-state index in [2.05, 4.69) is 15.9 Å². The molecule has 0 amide bonds. The van der Waals surface area contributed by atoms with Crippen LogP contribution in [0, 0.1) is 0 Å². The summed E-state index contributed by atoms with van der Waals surface area (Å²) in [6.45, 7) is 4.89. The molecule has 1 rings (SSSR count). The van der Waals surface area contributed by atoms with Crippen LogP contribution in [0.3, 0.4) is 0 Å². The van der Waals surface area contributed by atoms with Crippen molar-refractivity contribution in [2.45, 2.75) is 19.2 Å². The SMILES string of the molecule is CCOc1ccc(OCC)c(CBr)c1O. The van der Waals surface area contributed by atoms with Crippen LogP contribution in [-0.4, -0.2) is 18.3 Å². The Balaban J connectivity index is 3.08. The molecule has 0 aliphatic carbocycles. The summed E-state index contributed by atoms with van der Waals surface area (Å²) in [5, 5.41) is 10.4. The highest BCUT2D eigenvalue weighted by Crippen LogP contribution is 2.37. The minimum absolute atomic E-state index is 0.152. The summed E-state index contributed by atoms with van der Waals surface area (Å²) in [7, 11) is 0. The summed E-state index contributed by atoms with van der Waals surface area (Å²) < 4.78 is 10.7. The fraction of sp³-hybridized carbons (Fsp3) is 0.455. The Labute approximate surface area is 98.1 Å². The van der Waals surface area contributed by atoms with Gasteiger partial charge in [0.2, 0.25) is 0 Å². The molecule has 84 valence electrons. The number of alkyl halides is 1. The van der Waals surface area contributed by atoms with Crippen LogP contribution in [0.25, 0.3) is 0 Å². The number of phenolic OH excluding ortho intramolecular Hbond substituents is 1. The quantitative estimate of drug-likeness (QED) is 0.839. The molecule has 0 radical (unpaired) electrons. The smallest absolute Gasteiger partial charge is 0.165 e. The Hall–Kier alpha value is -0.900. The van der Waals surface area contributed by atoms with Crippen molar-refractivity contribution in [1.29, 1.82) is 0 Å². The largest absolute Gasteiger partial charge is 0.504 e. The molecular weight excluding hydrogens is 260 g/mol. The number of phenols is 1. The number of ether oxygens (including phenoxy) is 2. The number of aromatic hydroxyl groups is 1. The highest BCUT2D eigenvalue weighted by molar-refractivity contribution is 9.08. The molecule has 0 unspecified atom stereocenters. The minimum atomic E-state index is 0.152. The van der Waals surface area contributed by atoms with Crippen molar-refractivity contribution < 1.29 is 14.6 Å². The average Bonchev–Trinajstić information content (AvgIpc) is 2.23. The highest BCUT2D eigenvalue weighted by Gasteiger charge is 2.13. The molecule has 0 fully saturated rings. The van der Waals surface area contributed by atoms with Gasteiger partial charge in [-0.15, -0.1) is 0 Å². The van der Waals surface area contributed by atoms with Crippen molar-refractivity contribution >= 4 is 15.9 Å². The molecule has 0 atom stereocenters. The zero-order valence-electron chi connectivity index (χ0n) is 8.92. The second-order valence-electron chi connectivity index (χ2n) is 2.89. The molecule has 0 saturated heterocycles. The molecule has 1 N–H and O–H groups in total. The van der Waals surface area contributed by atoms with E-state index in [-0.39, 0.29) is 5.75 Å². The number of benzene rings is 1. The zero-order valence-corrected chi connectivity index (χ0v) is 10.5. The monoisotopic (exact) mass is 274 g/mol. The Kier molecular flexibility index (Phi) is 4.75. The van der Waals surface area contributed by atoms with Gasteiger partial charge in [-0.25, -0.2) is 0 Å². The van der Waals surface area contributed by atoms with Crippen LogP contribution in [0.4, 0.5) is 0 Å². The first-order valence-corrected chi connectivity index (χ1v) is 6.03. The summed E-state index contributed by atoms with van der Waals surface area (Å²) in [5.41, 5.74) is 0.725. The van der Waals surface area contributed by atoms with Gasteiger partial charge in [0.15, 0.2) is 11.5 Å². The first-order valence-electron chi connectivity index (χ1n) is 4.90. The molecule has 0 aliphatic heterocycles. The summed E-state index contributed by atoms with van der Waals surface area (Å²) >= 11 is 3.32. The summed E-state index contributed by atoms with van der Waals surface area (Å²) in [5.74, 6) is 1.34. The molecular formula is C11H15BrO3. The fourth-order valence-electron chi connectivity index (χ4n) is 1.29. The standard InChI is InChI=1S/C11H15BrO3/c1-3-14-9-5-6-10(15-4-2)11(13)8(9)7-12/h5-6,13H,3-4,7H2,1-2H3. The summed E-state index contributed by atoms with van der Waals surface area (Å²) in [4.78, 5) is 0. The predicted molar refractivity (Wildman–Crippen MR) is 63.1 cm³/mol. The van der Waals surface area contributed by atoms with Crippen molar-refractivity contribution in [3.63, 3.8) is 0 Å². The zero-order chi connectivity index (χ0) is 11.3. The molecule has 4 heteroatoms. The number of halogens is 1. The van der Waals surface area contributed by atoms with Gasteiger partial charge < -0.3 is 14.6 Å². The molecule has 3 nitrogen and oxygen atoms in total. The van der Waals surface area contributed by atoms with Gasteiger partial charge in [0.05, 0.1) is 18.8 Å². The number of hydrogen-bond donors (Lipinski definition) is 1. The topological polar surface area (TPSA) is 38.7 Å². The fourth-order valence-corrected chi connectivity index (χ4v) is 1.83. The van der Waals surface area contributed by atoms with E-state index in [1.807, 2.05) is 19.9 Å². The van der Waals surface area contributed by atoms with Crippen LogP contribution in [0.2, 0.25) is 0 Å². The maximum absolute atomic E-state index is 9.89. The van der Waals surface area contributed by atoms with E-state index in [4.69, 9.17) is 9.47 Å². The van der Waals surface area contributed by atoms with Crippen molar-refractivity contribution in [3.8, 4) is 17.2 Å². The molecule has 15 heavy (non-hydrogen) atoms. The van der Waals surface area contributed by atoms with Crippen molar-refractivity contribution in [2.75, 3.05) is 13.2 Å². The molecule has 0 heterocycles. The van der Waals surface area contributed by atoms with Gasteiger partial charge in [-0.2, -0.15) is 0 Å². The van der Waals surface area contributed by atoms with Gasteiger partial charge >= 0.3 is 0 Å². The molecule has 1 aromatic rings. The third-order valence-electron chi connectivity index (χ3n) is 1.94. The van der Waals surface area contributed by atoms with E-state index in [0.29, 0.717) is 30.0 Å². The van der Waals surface area contributed by atoms with Crippen LogP contribution >= 0.6 is 15.9 Å². The first-order chi connectivity index (χ1) is 7.24. The number of hydrogen-bond acceptors (Lipinski definition) is 3.